The van der Waals surface area contributed by atoms with Crippen molar-refractivity contribution in [3.8, 4) is 0 Å². The van der Waals surface area contributed by atoms with E-state index in [1.807, 2.05) is 4.90 Å². The van der Waals surface area contributed by atoms with Gasteiger partial charge in [0.15, 0.2) is 0 Å². The molecule has 1 heterocycles. The summed E-state index contributed by atoms with van der Waals surface area (Å²) in [4.78, 5) is 13.9. The molecule has 1 atom stereocenters. The first-order valence-electron chi connectivity index (χ1n) is 6.61. The Morgan fingerprint density at radius 3 is 2.88 bits per heavy atom. The van der Waals surface area contributed by atoms with Crippen molar-refractivity contribution in [2.24, 2.45) is 17.6 Å². The SMILES string of the molecule is CC(C)CC1CCCN(C(=O)CCCN)C1. The molecular weight excluding hydrogens is 200 g/mol. The fourth-order valence-corrected chi connectivity index (χ4v) is 2.56. The van der Waals surface area contributed by atoms with Crippen molar-refractivity contribution in [2.75, 3.05) is 19.6 Å². The van der Waals surface area contributed by atoms with E-state index in [1.165, 1.54) is 19.3 Å². The topological polar surface area (TPSA) is 46.3 Å². The van der Waals surface area contributed by atoms with Crippen LogP contribution in [0.2, 0.25) is 0 Å². The van der Waals surface area contributed by atoms with E-state index in [1.54, 1.807) is 0 Å². The predicted molar refractivity (Wildman–Crippen MR) is 67.0 cm³/mol. The zero-order chi connectivity index (χ0) is 12.0. The molecule has 0 aliphatic carbocycles. The summed E-state index contributed by atoms with van der Waals surface area (Å²) in [6.07, 6.45) is 5.17. The summed E-state index contributed by atoms with van der Waals surface area (Å²) in [7, 11) is 0. The molecule has 94 valence electrons. The quantitative estimate of drug-likeness (QED) is 0.779. The third-order valence-corrected chi connectivity index (χ3v) is 3.27. The van der Waals surface area contributed by atoms with Gasteiger partial charge in [-0.3, -0.25) is 4.79 Å². The van der Waals surface area contributed by atoms with Crippen LogP contribution in [0.5, 0.6) is 0 Å². The first kappa shape index (κ1) is 13.5. The van der Waals surface area contributed by atoms with Crippen LogP contribution >= 0.6 is 0 Å². The zero-order valence-corrected chi connectivity index (χ0v) is 10.7. The lowest BCUT2D eigenvalue weighted by Gasteiger charge is -2.33. The molecule has 3 nitrogen and oxygen atoms in total. The van der Waals surface area contributed by atoms with Gasteiger partial charge in [0.25, 0.3) is 0 Å². The van der Waals surface area contributed by atoms with Crippen molar-refractivity contribution < 1.29 is 4.79 Å². The van der Waals surface area contributed by atoms with Gasteiger partial charge in [0, 0.05) is 19.5 Å². The van der Waals surface area contributed by atoms with Gasteiger partial charge in [0.05, 0.1) is 0 Å². The number of hydrogen-bond donors (Lipinski definition) is 1. The van der Waals surface area contributed by atoms with Gasteiger partial charge in [-0.1, -0.05) is 13.8 Å². The minimum Gasteiger partial charge on any atom is -0.342 e. The second-order valence-corrected chi connectivity index (χ2v) is 5.37. The summed E-state index contributed by atoms with van der Waals surface area (Å²) < 4.78 is 0. The summed E-state index contributed by atoms with van der Waals surface area (Å²) in [6, 6.07) is 0. The number of nitrogens with zero attached hydrogens (tertiary/aromatic N) is 1. The summed E-state index contributed by atoms with van der Waals surface area (Å²) in [5.74, 6) is 1.76. The molecule has 1 unspecified atom stereocenters. The minimum absolute atomic E-state index is 0.305. The van der Waals surface area contributed by atoms with Crippen molar-refractivity contribution in [2.45, 2.75) is 46.0 Å². The van der Waals surface area contributed by atoms with Crippen molar-refractivity contribution in [3.05, 3.63) is 0 Å². The summed E-state index contributed by atoms with van der Waals surface area (Å²) in [6.45, 7) is 7.07. The monoisotopic (exact) mass is 226 g/mol. The maximum atomic E-state index is 11.9. The van der Waals surface area contributed by atoms with Crippen molar-refractivity contribution in [1.29, 1.82) is 0 Å². The average Bonchev–Trinajstić information content (AvgIpc) is 2.25. The van der Waals surface area contributed by atoms with E-state index in [9.17, 15) is 4.79 Å². The normalized spacial score (nSPS) is 21.5. The Labute approximate surface area is 99.4 Å². The van der Waals surface area contributed by atoms with E-state index in [0.717, 1.165) is 31.3 Å². The maximum absolute atomic E-state index is 11.9. The Kier molecular flexibility index (Phi) is 5.81. The lowest BCUT2D eigenvalue weighted by atomic mass is 9.89. The van der Waals surface area contributed by atoms with Crippen LogP contribution in [0, 0.1) is 11.8 Å². The molecule has 3 heteroatoms. The standard InChI is InChI=1S/C13H26N2O/c1-11(2)9-12-5-4-8-15(10-12)13(16)6-3-7-14/h11-12H,3-10,14H2,1-2H3. The van der Waals surface area contributed by atoms with Gasteiger partial charge in [-0.15, -0.1) is 0 Å². The number of rotatable bonds is 5. The predicted octanol–water partition coefficient (Wildman–Crippen LogP) is 2.01. The molecule has 0 spiro atoms. The Hall–Kier alpha value is -0.570. The Morgan fingerprint density at radius 2 is 2.25 bits per heavy atom. The molecule has 2 N–H and O–H groups in total. The molecule has 0 radical (unpaired) electrons. The highest BCUT2D eigenvalue weighted by atomic mass is 16.2. The van der Waals surface area contributed by atoms with E-state index in [4.69, 9.17) is 5.73 Å². The molecule has 1 rings (SSSR count). The van der Waals surface area contributed by atoms with Crippen molar-refractivity contribution in [1.82, 2.24) is 4.90 Å². The first-order valence-corrected chi connectivity index (χ1v) is 6.61. The van der Waals surface area contributed by atoms with E-state index in [0.29, 0.717) is 18.9 Å². The van der Waals surface area contributed by atoms with Crippen LogP contribution in [0.25, 0.3) is 0 Å². The number of carbonyl (C=O) groups is 1. The van der Waals surface area contributed by atoms with Crippen LogP contribution < -0.4 is 5.73 Å². The smallest absolute Gasteiger partial charge is 0.222 e. The molecule has 1 saturated heterocycles. The molecule has 1 fully saturated rings. The molecule has 1 aliphatic rings. The Balaban J connectivity index is 2.34. The number of nitrogens with two attached hydrogens (primary N) is 1. The molecule has 0 saturated carbocycles. The fraction of sp³-hybridized carbons (Fsp3) is 0.923. The average molecular weight is 226 g/mol. The molecule has 1 amide bonds. The van der Waals surface area contributed by atoms with Gasteiger partial charge in [0.1, 0.15) is 0 Å². The van der Waals surface area contributed by atoms with E-state index in [2.05, 4.69) is 13.8 Å². The highest BCUT2D eigenvalue weighted by Crippen LogP contribution is 2.23. The third-order valence-electron chi connectivity index (χ3n) is 3.27. The van der Waals surface area contributed by atoms with Gasteiger partial charge in [-0.05, 0) is 44.1 Å². The third kappa shape index (κ3) is 4.52. The van der Waals surface area contributed by atoms with Gasteiger partial charge in [0.2, 0.25) is 5.91 Å². The van der Waals surface area contributed by atoms with Gasteiger partial charge >= 0.3 is 0 Å². The maximum Gasteiger partial charge on any atom is 0.222 e. The van der Waals surface area contributed by atoms with Crippen LogP contribution in [-0.4, -0.2) is 30.4 Å². The van der Waals surface area contributed by atoms with Crippen LogP contribution in [0.3, 0.4) is 0 Å². The van der Waals surface area contributed by atoms with E-state index >= 15 is 0 Å². The molecule has 1 aliphatic heterocycles. The highest BCUT2D eigenvalue weighted by Gasteiger charge is 2.23. The Morgan fingerprint density at radius 1 is 1.50 bits per heavy atom. The van der Waals surface area contributed by atoms with Crippen LogP contribution in [0.15, 0.2) is 0 Å². The number of hydrogen-bond acceptors (Lipinski definition) is 2. The minimum atomic E-state index is 0.305. The zero-order valence-electron chi connectivity index (χ0n) is 10.7. The summed E-state index contributed by atoms with van der Waals surface area (Å²) in [5.41, 5.74) is 5.43. The second-order valence-electron chi connectivity index (χ2n) is 5.37. The van der Waals surface area contributed by atoms with E-state index < -0.39 is 0 Å². The highest BCUT2D eigenvalue weighted by molar-refractivity contribution is 5.76. The number of carbonyl (C=O) groups excluding carboxylic acids is 1. The molecule has 0 aromatic rings. The molecule has 0 aromatic carbocycles. The lowest BCUT2D eigenvalue weighted by molar-refractivity contribution is -0.133. The fourth-order valence-electron chi connectivity index (χ4n) is 2.56. The molecular formula is C13H26N2O. The molecule has 0 bridgehead atoms. The van der Waals surface area contributed by atoms with Gasteiger partial charge in [-0.2, -0.15) is 0 Å². The summed E-state index contributed by atoms with van der Waals surface area (Å²) in [5, 5.41) is 0. The lowest BCUT2D eigenvalue weighted by Crippen LogP contribution is -2.40. The van der Waals surface area contributed by atoms with Crippen LogP contribution in [-0.2, 0) is 4.79 Å². The second kappa shape index (κ2) is 6.89. The van der Waals surface area contributed by atoms with E-state index in [-0.39, 0.29) is 0 Å². The van der Waals surface area contributed by atoms with Crippen molar-refractivity contribution >= 4 is 5.91 Å². The Bertz CT molecular complexity index is 216. The van der Waals surface area contributed by atoms with Crippen molar-refractivity contribution in [3.63, 3.8) is 0 Å². The van der Waals surface area contributed by atoms with Gasteiger partial charge in [-0.25, -0.2) is 0 Å². The first-order chi connectivity index (χ1) is 7.63. The molecule has 16 heavy (non-hydrogen) atoms. The number of amides is 1. The number of piperidine rings is 1. The van der Waals surface area contributed by atoms with Gasteiger partial charge < -0.3 is 10.6 Å². The summed E-state index contributed by atoms with van der Waals surface area (Å²) >= 11 is 0. The van der Waals surface area contributed by atoms with Crippen LogP contribution in [0.4, 0.5) is 0 Å². The number of likely N-dealkylation sites (tertiary alicyclic amines) is 1. The largest absolute Gasteiger partial charge is 0.342 e. The van der Waals surface area contributed by atoms with Crippen LogP contribution in [0.1, 0.15) is 46.0 Å². The molecule has 0 aromatic heterocycles.